The predicted octanol–water partition coefficient (Wildman–Crippen LogP) is 3.26. The van der Waals surface area contributed by atoms with Gasteiger partial charge in [-0.3, -0.25) is 9.69 Å². The van der Waals surface area contributed by atoms with Crippen LogP contribution in [0, 0.1) is 0 Å². The van der Waals surface area contributed by atoms with Crippen LogP contribution in [-0.4, -0.2) is 37.6 Å². The fourth-order valence-corrected chi connectivity index (χ4v) is 3.22. The first-order chi connectivity index (χ1) is 11.8. The van der Waals surface area contributed by atoms with E-state index in [-0.39, 0.29) is 11.9 Å². The zero-order valence-corrected chi connectivity index (χ0v) is 14.1. The molecule has 1 amide bonds. The molecule has 1 heterocycles. The Morgan fingerprint density at radius 2 is 1.75 bits per heavy atom. The topological polar surface area (TPSA) is 41.6 Å². The van der Waals surface area contributed by atoms with Crippen LogP contribution in [0.1, 0.15) is 34.8 Å². The third kappa shape index (κ3) is 3.95. The number of carbonyl (C=O) groups excluding carboxylic acids is 1. The quantitative estimate of drug-likeness (QED) is 0.887. The molecule has 0 bridgehead atoms. The normalized spacial score (nSPS) is 15.9. The Labute approximate surface area is 143 Å². The molecule has 1 aliphatic rings. The van der Waals surface area contributed by atoms with Gasteiger partial charge in [0.25, 0.3) is 5.91 Å². The van der Waals surface area contributed by atoms with Gasteiger partial charge in [-0.05, 0) is 55.8 Å². The molecular weight excluding hydrogens is 300 g/mol. The summed E-state index contributed by atoms with van der Waals surface area (Å²) in [6.07, 6.45) is 2.44. The Bertz CT molecular complexity index is 649. The lowest BCUT2D eigenvalue weighted by molar-refractivity contribution is 0.0938. The fourth-order valence-electron chi connectivity index (χ4n) is 3.22. The number of hydrogen-bond acceptors (Lipinski definition) is 3. The highest BCUT2D eigenvalue weighted by molar-refractivity contribution is 5.94. The predicted molar refractivity (Wildman–Crippen MR) is 95.3 cm³/mol. The summed E-state index contributed by atoms with van der Waals surface area (Å²) < 4.78 is 5.25. The third-order valence-corrected chi connectivity index (χ3v) is 4.57. The van der Waals surface area contributed by atoms with Gasteiger partial charge in [-0.1, -0.05) is 30.3 Å². The summed E-state index contributed by atoms with van der Waals surface area (Å²) in [6, 6.07) is 17.7. The molecule has 1 N–H and O–H groups in total. The van der Waals surface area contributed by atoms with Crippen molar-refractivity contribution in [1.82, 2.24) is 10.2 Å². The molecule has 24 heavy (non-hydrogen) atoms. The van der Waals surface area contributed by atoms with Crippen LogP contribution >= 0.6 is 0 Å². The van der Waals surface area contributed by atoms with E-state index in [2.05, 4.69) is 22.3 Å². The molecule has 1 aliphatic heterocycles. The number of benzene rings is 2. The van der Waals surface area contributed by atoms with E-state index in [1.807, 2.05) is 42.5 Å². The molecule has 0 aromatic heterocycles. The van der Waals surface area contributed by atoms with Crippen molar-refractivity contribution < 1.29 is 9.53 Å². The lowest BCUT2D eigenvalue weighted by Gasteiger charge is -2.28. The number of carbonyl (C=O) groups is 1. The number of nitrogens with one attached hydrogen (secondary N) is 1. The number of nitrogens with zero attached hydrogens (tertiary/aromatic N) is 1. The first kappa shape index (κ1) is 16.5. The van der Waals surface area contributed by atoms with Crippen LogP contribution in [0.25, 0.3) is 0 Å². The van der Waals surface area contributed by atoms with Gasteiger partial charge in [0.1, 0.15) is 5.75 Å². The van der Waals surface area contributed by atoms with Gasteiger partial charge in [0.2, 0.25) is 0 Å². The van der Waals surface area contributed by atoms with Gasteiger partial charge in [-0.15, -0.1) is 0 Å². The second kappa shape index (κ2) is 7.97. The molecule has 0 radical (unpaired) electrons. The number of hydrogen-bond donors (Lipinski definition) is 1. The number of rotatable bonds is 6. The summed E-state index contributed by atoms with van der Waals surface area (Å²) in [6.45, 7) is 2.77. The van der Waals surface area contributed by atoms with Crippen LogP contribution in [0.15, 0.2) is 54.6 Å². The second-order valence-corrected chi connectivity index (χ2v) is 6.11. The van der Waals surface area contributed by atoms with Crippen molar-refractivity contribution in [3.63, 3.8) is 0 Å². The van der Waals surface area contributed by atoms with Crippen molar-refractivity contribution in [1.29, 1.82) is 0 Å². The minimum absolute atomic E-state index is 0.0201. The van der Waals surface area contributed by atoms with E-state index < -0.39 is 0 Å². The standard InChI is InChI=1S/C20H24N2O2/c1-24-18-11-9-16(10-12-18)19(22-13-5-6-14-22)15-21-20(23)17-7-3-2-4-8-17/h2-4,7-12,19H,5-6,13-15H2,1H3,(H,21,23). The summed E-state index contributed by atoms with van der Waals surface area (Å²) in [4.78, 5) is 14.8. The van der Waals surface area contributed by atoms with E-state index in [0.29, 0.717) is 12.1 Å². The van der Waals surface area contributed by atoms with Gasteiger partial charge in [0.05, 0.1) is 13.2 Å². The Balaban J connectivity index is 1.71. The molecule has 126 valence electrons. The first-order valence-corrected chi connectivity index (χ1v) is 8.49. The molecular formula is C20H24N2O2. The highest BCUT2D eigenvalue weighted by atomic mass is 16.5. The van der Waals surface area contributed by atoms with Crippen molar-refractivity contribution in [3.8, 4) is 5.75 Å². The molecule has 4 heteroatoms. The van der Waals surface area contributed by atoms with Crippen molar-refractivity contribution in [2.75, 3.05) is 26.7 Å². The Kier molecular flexibility index (Phi) is 5.49. The van der Waals surface area contributed by atoms with Crippen molar-refractivity contribution in [2.45, 2.75) is 18.9 Å². The molecule has 1 unspecified atom stereocenters. The van der Waals surface area contributed by atoms with E-state index in [0.717, 1.165) is 18.8 Å². The van der Waals surface area contributed by atoms with E-state index >= 15 is 0 Å². The second-order valence-electron chi connectivity index (χ2n) is 6.11. The van der Waals surface area contributed by atoms with Crippen LogP contribution in [0.3, 0.4) is 0 Å². The van der Waals surface area contributed by atoms with Gasteiger partial charge >= 0.3 is 0 Å². The molecule has 1 fully saturated rings. The van der Waals surface area contributed by atoms with Crippen LogP contribution in [0.2, 0.25) is 0 Å². The third-order valence-electron chi connectivity index (χ3n) is 4.57. The lowest BCUT2D eigenvalue weighted by atomic mass is 10.0. The van der Waals surface area contributed by atoms with Gasteiger partial charge in [-0.25, -0.2) is 0 Å². The van der Waals surface area contributed by atoms with Crippen LogP contribution < -0.4 is 10.1 Å². The fraction of sp³-hybridized carbons (Fsp3) is 0.350. The Hall–Kier alpha value is -2.33. The van der Waals surface area contributed by atoms with Crippen molar-refractivity contribution >= 4 is 5.91 Å². The van der Waals surface area contributed by atoms with Crippen molar-refractivity contribution in [3.05, 3.63) is 65.7 Å². The van der Waals surface area contributed by atoms with Gasteiger partial charge in [-0.2, -0.15) is 0 Å². The molecule has 1 saturated heterocycles. The molecule has 2 aromatic carbocycles. The smallest absolute Gasteiger partial charge is 0.251 e. The summed E-state index contributed by atoms with van der Waals surface area (Å²) in [5, 5.41) is 3.09. The zero-order valence-electron chi connectivity index (χ0n) is 14.1. The van der Waals surface area contributed by atoms with E-state index in [9.17, 15) is 4.79 Å². The number of amides is 1. The van der Waals surface area contributed by atoms with Crippen molar-refractivity contribution in [2.24, 2.45) is 0 Å². The minimum atomic E-state index is -0.0201. The number of methoxy groups -OCH3 is 1. The molecule has 0 saturated carbocycles. The zero-order chi connectivity index (χ0) is 16.8. The molecule has 4 nitrogen and oxygen atoms in total. The van der Waals surface area contributed by atoms with Crippen LogP contribution in [0.4, 0.5) is 0 Å². The maximum absolute atomic E-state index is 12.3. The van der Waals surface area contributed by atoms with E-state index in [1.54, 1.807) is 7.11 Å². The Morgan fingerprint density at radius 1 is 1.08 bits per heavy atom. The average Bonchev–Trinajstić information content (AvgIpc) is 3.17. The number of likely N-dealkylation sites (tertiary alicyclic amines) is 1. The maximum Gasteiger partial charge on any atom is 0.251 e. The minimum Gasteiger partial charge on any atom is -0.497 e. The molecule has 1 atom stereocenters. The van der Waals surface area contributed by atoms with Gasteiger partial charge in [0.15, 0.2) is 0 Å². The Morgan fingerprint density at radius 3 is 2.38 bits per heavy atom. The monoisotopic (exact) mass is 324 g/mol. The maximum atomic E-state index is 12.3. The highest BCUT2D eigenvalue weighted by Crippen LogP contribution is 2.26. The summed E-state index contributed by atoms with van der Waals surface area (Å²) in [5.41, 5.74) is 1.92. The van der Waals surface area contributed by atoms with E-state index in [1.165, 1.54) is 18.4 Å². The SMILES string of the molecule is COc1ccc(C(CNC(=O)c2ccccc2)N2CCCC2)cc1. The summed E-state index contributed by atoms with van der Waals surface area (Å²) >= 11 is 0. The molecule has 0 aliphatic carbocycles. The molecule has 2 aromatic rings. The first-order valence-electron chi connectivity index (χ1n) is 8.49. The van der Waals surface area contributed by atoms with E-state index in [4.69, 9.17) is 4.74 Å². The molecule has 3 rings (SSSR count). The van der Waals surface area contributed by atoms with Gasteiger partial charge < -0.3 is 10.1 Å². The molecule has 0 spiro atoms. The summed E-state index contributed by atoms with van der Waals surface area (Å²) in [7, 11) is 1.67. The largest absolute Gasteiger partial charge is 0.497 e. The highest BCUT2D eigenvalue weighted by Gasteiger charge is 2.24. The van der Waals surface area contributed by atoms with Gasteiger partial charge in [0, 0.05) is 12.1 Å². The average molecular weight is 324 g/mol. The number of ether oxygens (including phenoxy) is 1. The van der Waals surface area contributed by atoms with Crippen LogP contribution in [-0.2, 0) is 0 Å². The lowest BCUT2D eigenvalue weighted by Crippen LogP contribution is -2.36. The van der Waals surface area contributed by atoms with Crippen LogP contribution in [0.5, 0.6) is 5.75 Å². The summed E-state index contributed by atoms with van der Waals surface area (Å²) in [5.74, 6) is 0.834.